The van der Waals surface area contributed by atoms with Gasteiger partial charge in [0.2, 0.25) is 0 Å². The lowest BCUT2D eigenvalue weighted by atomic mass is 10.1. The Hall–Kier alpha value is -2.60. The fourth-order valence-corrected chi connectivity index (χ4v) is 3.05. The fourth-order valence-electron chi connectivity index (χ4n) is 2.32. The number of aromatic amines is 1. The molecule has 1 aromatic carbocycles. The normalized spacial score (nSPS) is 11.9. The van der Waals surface area contributed by atoms with Crippen LogP contribution in [0.4, 0.5) is 0 Å². The van der Waals surface area contributed by atoms with Gasteiger partial charge in [0.1, 0.15) is 5.75 Å². The van der Waals surface area contributed by atoms with Crippen molar-refractivity contribution in [3.8, 4) is 16.3 Å². The van der Waals surface area contributed by atoms with Crippen molar-refractivity contribution in [3.63, 3.8) is 0 Å². The highest BCUT2D eigenvalue weighted by molar-refractivity contribution is 7.13. The summed E-state index contributed by atoms with van der Waals surface area (Å²) in [5, 5.41) is 11.9. The molecule has 0 spiro atoms. The zero-order chi connectivity index (χ0) is 16.2. The second-order valence-electron chi connectivity index (χ2n) is 5.10. The van der Waals surface area contributed by atoms with Crippen molar-refractivity contribution in [3.05, 3.63) is 59.1 Å². The van der Waals surface area contributed by atoms with Crippen LogP contribution in [0.3, 0.4) is 0 Å². The van der Waals surface area contributed by atoms with Crippen LogP contribution in [0.5, 0.6) is 5.75 Å². The SMILES string of the molecule is COc1ccc([C@H](C)NC(=O)c2cn[nH]c2-c2cccs2)cc1. The fraction of sp³-hybridized carbons (Fsp3) is 0.176. The minimum absolute atomic E-state index is 0.112. The van der Waals surface area contributed by atoms with E-state index in [0.29, 0.717) is 5.56 Å². The highest BCUT2D eigenvalue weighted by Gasteiger charge is 2.18. The number of hydrogen-bond acceptors (Lipinski definition) is 4. The second-order valence-corrected chi connectivity index (χ2v) is 6.05. The van der Waals surface area contributed by atoms with E-state index in [4.69, 9.17) is 4.74 Å². The van der Waals surface area contributed by atoms with E-state index in [1.54, 1.807) is 24.6 Å². The van der Waals surface area contributed by atoms with Gasteiger partial charge < -0.3 is 10.1 Å². The number of carbonyl (C=O) groups excluding carboxylic acids is 1. The number of amides is 1. The Balaban J connectivity index is 1.75. The van der Waals surface area contributed by atoms with Crippen LogP contribution in [0.1, 0.15) is 28.9 Å². The monoisotopic (exact) mass is 327 g/mol. The first kappa shape index (κ1) is 15.3. The Kier molecular flexibility index (Phi) is 4.43. The van der Waals surface area contributed by atoms with Gasteiger partial charge in [0.25, 0.3) is 5.91 Å². The number of methoxy groups -OCH3 is 1. The quantitative estimate of drug-likeness (QED) is 0.752. The zero-order valence-electron chi connectivity index (χ0n) is 12.9. The standard InChI is InChI=1S/C17H17N3O2S/c1-11(12-5-7-13(22-2)8-6-12)19-17(21)14-10-18-20-16(14)15-4-3-9-23-15/h3-11H,1-2H3,(H,18,20)(H,19,21)/t11-/m0/s1. The van der Waals surface area contributed by atoms with E-state index in [-0.39, 0.29) is 11.9 Å². The second kappa shape index (κ2) is 6.66. The molecule has 0 saturated carbocycles. The van der Waals surface area contributed by atoms with Crippen LogP contribution >= 0.6 is 11.3 Å². The molecule has 0 bridgehead atoms. The molecule has 6 heteroatoms. The van der Waals surface area contributed by atoms with Crippen LogP contribution in [0.15, 0.2) is 48.0 Å². The van der Waals surface area contributed by atoms with Gasteiger partial charge in [-0.3, -0.25) is 9.89 Å². The van der Waals surface area contributed by atoms with E-state index in [1.807, 2.05) is 48.7 Å². The van der Waals surface area contributed by atoms with Gasteiger partial charge in [-0.25, -0.2) is 0 Å². The van der Waals surface area contributed by atoms with E-state index in [2.05, 4.69) is 15.5 Å². The number of benzene rings is 1. The molecule has 5 nitrogen and oxygen atoms in total. The minimum atomic E-state index is -0.148. The van der Waals surface area contributed by atoms with E-state index in [0.717, 1.165) is 21.9 Å². The van der Waals surface area contributed by atoms with Crippen LogP contribution in [-0.4, -0.2) is 23.2 Å². The molecule has 23 heavy (non-hydrogen) atoms. The smallest absolute Gasteiger partial charge is 0.255 e. The molecule has 0 aliphatic heterocycles. The Labute approximate surface area is 138 Å². The van der Waals surface area contributed by atoms with Crippen molar-refractivity contribution >= 4 is 17.2 Å². The lowest BCUT2D eigenvalue weighted by molar-refractivity contribution is 0.0940. The van der Waals surface area contributed by atoms with Crippen LogP contribution in [-0.2, 0) is 0 Å². The molecular weight excluding hydrogens is 310 g/mol. The molecule has 2 N–H and O–H groups in total. The summed E-state index contributed by atoms with van der Waals surface area (Å²) in [7, 11) is 1.63. The third-order valence-electron chi connectivity index (χ3n) is 3.61. The molecule has 1 amide bonds. The van der Waals surface area contributed by atoms with Crippen molar-refractivity contribution in [2.75, 3.05) is 7.11 Å². The van der Waals surface area contributed by atoms with Gasteiger partial charge in [-0.15, -0.1) is 11.3 Å². The molecule has 0 unspecified atom stereocenters. The maximum absolute atomic E-state index is 12.5. The van der Waals surface area contributed by atoms with Gasteiger partial charge in [-0.1, -0.05) is 18.2 Å². The first-order chi connectivity index (χ1) is 11.2. The molecule has 2 heterocycles. The van der Waals surface area contributed by atoms with Crippen LogP contribution in [0, 0.1) is 0 Å². The average molecular weight is 327 g/mol. The molecule has 1 atom stereocenters. The average Bonchev–Trinajstić information content (AvgIpc) is 3.25. The molecule has 118 valence electrons. The summed E-state index contributed by atoms with van der Waals surface area (Å²) in [5.41, 5.74) is 2.31. The van der Waals surface area contributed by atoms with Crippen LogP contribution in [0.2, 0.25) is 0 Å². The lowest BCUT2D eigenvalue weighted by Crippen LogP contribution is -2.26. The number of thiophene rings is 1. The summed E-state index contributed by atoms with van der Waals surface area (Å²) < 4.78 is 5.15. The number of aromatic nitrogens is 2. The van der Waals surface area contributed by atoms with Crippen LogP contribution < -0.4 is 10.1 Å². The lowest BCUT2D eigenvalue weighted by Gasteiger charge is -2.14. The van der Waals surface area contributed by atoms with E-state index in [1.165, 1.54) is 0 Å². The summed E-state index contributed by atoms with van der Waals surface area (Å²) in [6, 6.07) is 11.4. The summed E-state index contributed by atoms with van der Waals surface area (Å²) in [4.78, 5) is 13.5. The maximum atomic E-state index is 12.5. The first-order valence-corrected chi connectivity index (χ1v) is 8.09. The van der Waals surface area contributed by atoms with Crippen molar-refractivity contribution in [2.45, 2.75) is 13.0 Å². The molecule has 3 rings (SSSR count). The number of nitrogens with one attached hydrogen (secondary N) is 2. The molecule has 0 radical (unpaired) electrons. The number of rotatable bonds is 5. The topological polar surface area (TPSA) is 67.0 Å². The van der Waals surface area contributed by atoms with Gasteiger partial charge in [0.05, 0.1) is 35.5 Å². The Bertz CT molecular complexity index is 779. The van der Waals surface area contributed by atoms with Crippen molar-refractivity contribution in [2.24, 2.45) is 0 Å². The highest BCUT2D eigenvalue weighted by Crippen LogP contribution is 2.26. The molecule has 0 fully saturated rings. The summed E-state index contributed by atoms with van der Waals surface area (Å²) in [6.07, 6.45) is 1.56. The van der Waals surface area contributed by atoms with Gasteiger partial charge in [0.15, 0.2) is 0 Å². The summed E-state index contributed by atoms with van der Waals surface area (Å²) >= 11 is 1.57. The largest absolute Gasteiger partial charge is 0.497 e. The van der Waals surface area contributed by atoms with E-state index < -0.39 is 0 Å². The Morgan fingerprint density at radius 3 is 2.74 bits per heavy atom. The van der Waals surface area contributed by atoms with Gasteiger partial charge >= 0.3 is 0 Å². The minimum Gasteiger partial charge on any atom is -0.497 e. The third kappa shape index (κ3) is 3.27. The number of ether oxygens (including phenoxy) is 1. The van der Waals surface area contributed by atoms with Crippen molar-refractivity contribution < 1.29 is 9.53 Å². The van der Waals surface area contributed by atoms with Crippen molar-refractivity contribution in [1.29, 1.82) is 0 Å². The maximum Gasteiger partial charge on any atom is 0.255 e. The number of H-pyrrole nitrogens is 1. The molecular formula is C17H17N3O2S. The molecule has 3 aromatic rings. The predicted molar refractivity (Wildman–Crippen MR) is 90.8 cm³/mol. The zero-order valence-corrected chi connectivity index (χ0v) is 13.7. The number of carbonyl (C=O) groups is 1. The third-order valence-corrected chi connectivity index (χ3v) is 4.50. The predicted octanol–water partition coefficient (Wildman–Crippen LogP) is 3.64. The Morgan fingerprint density at radius 1 is 1.30 bits per heavy atom. The molecule has 2 aromatic heterocycles. The first-order valence-electron chi connectivity index (χ1n) is 7.21. The number of hydrogen-bond donors (Lipinski definition) is 2. The van der Waals surface area contributed by atoms with E-state index >= 15 is 0 Å². The van der Waals surface area contributed by atoms with E-state index in [9.17, 15) is 4.79 Å². The van der Waals surface area contributed by atoms with Crippen molar-refractivity contribution in [1.82, 2.24) is 15.5 Å². The van der Waals surface area contributed by atoms with Gasteiger partial charge in [-0.2, -0.15) is 5.10 Å². The Morgan fingerprint density at radius 2 is 2.09 bits per heavy atom. The molecule has 0 aliphatic carbocycles. The summed E-state index contributed by atoms with van der Waals surface area (Å²) in [6.45, 7) is 1.95. The number of nitrogens with zero attached hydrogens (tertiary/aromatic N) is 1. The van der Waals surface area contributed by atoms with Gasteiger partial charge in [-0.05, 0) is 36.1 Å². The van der Waals surface area contributed by atoms with Gasteiger partial charge in [0, 0.05) is 0 Å². The summed E-state index contributed by atoms with van der Waals surface area (Å²) in [5.74, 6) is 0.646. The molecule has 0 saturated heterocycles. The highest BCUT2D eigenvalue weighted by atomic mass is 32.1. The van der Waals surface area contributed by atoms with Crippen LogP contribution in [0.25, 0.3) is 10.6 Å². The molecule has 0 aliphatic rings.